The fraction of sp³-hybridized carbons (Fsp3) is 0. The van der Waals surface area contributed by atoms with Crippen molar-refractivity contribution in [3.05, 3.63) is 237 Å². The second-order valence-corrected chi connectivity index (χ2v) is 16.0. The van der Waals surface area contributed by atoms with Gasteiger partial charge in [0.2, 0.25) is 0 Å². The van der Waals surface area contributed by atoms with Gasteiger partial charge < -0.3 is 9.32 Å². The first kappa shape index (κ1) is 35.7. The van der Waals surface area contributed by atoms with Gasteiger partial charge in [0.25, 0.3) is 0 Å². The summed E-state index contributed by atoms with van der Waals surface area (Å²) in [5.41, 5.74) is 14.5. The summed E-state index contributed by atoms with van der Waals surface area (Å²) in [6.45, 7) is 0. The van der Waals surface area contributed by atoms with Crippen molar-refractivity contribution < 1.29 is 4.42 Å². The van der Waals surface area contributed by atoms with Gasteiger partial charge in [-0.3, -0.25) is 0 Å². The van der Waals surface area contributed by atoms with Crippen LogP contribution in [0.2, 0.25) is 0 Å². The second-order valence-electron chi connectivity index (χ2n) is 16.0. The van der Waals surface area contributed by atoms with Gasteiger partial charge in [-0.15, -0.1) is 0 Å². The average molecular weight is 790 g/mol. The van der Waals surface area contributed by atoms with Gasteiger partial charge in [0.1, 0.15) is 11.2 Å². The van der Waals surface area contributed by atoms with Crippen molar-refractivity contribution in [1.29, 1.82) is 0 Å². The largest absolute Gasteiger partial charge is 0.456 e. The Morgan fingerprint density at radius 3 is 1.61 bits per heavy atom. The lowest BCUT2D eigenvalue weighted by atomic mass is 9.89. The molecule has 62 heavy (non-hydrogen) atoms. The topological polar surface area (TPSA) is 16.4 Å². The van der Waals surface area contributed by atoms with E-state index < -0.39 is 0 Å². The zero-order valence-corrected chi connectivity index (χ0v) is 33.9. The predicted octanol–water partition coefficient (Wildman–Crippen LogP) is 17.2. The Bertz CT molecular complexity index is 3620. The zero-order chi connectivity index (χ0) is 41.0. The second kappa shape index (κ2) is 14.8. The molecule has 0 aliphatic rings. The van der Waals surface area contributed by atoms with Crippen molar-refractivity contribution in [3.63, 3.8) is 0 Å². The van der Waals surface area contributed by atoms with E-state index >= 15 is 0 Å². The van der Waals surface area contributed by atoms with Crippen molar-refractivity contribution in [2.45, 2.75) is 0 Å². The van der Waals surface area contributed by atoms with Crippen LogP contribution in [0.5, 0.6) is 0 Å². The molecule has 0 unspecified atom stereocenters. The van der Waals surface area contributed by atoms with Crippen LogP contribution in [0.25, 0.3) is 98.8 Å². The van der Waals surface area contributed by atoms with Gasteiger partial charge in [0, 0.05) is 33.1 Å². The summed E-state index contributed by atoms with van der Waals surface area (Å²) in [5.74, 6) is 0. The SMILES string of the molecule is c1ccc(-c2c(N(c3ccc(-c4ccc(-c5ccc6ccccc6c5)cc4)cc3)c3cccc(-c4cccc5oc6ccccc6c45)c3)c3ccccc3c3ccccc23)cc1. The molecular formula is C60H39NO. The molecule has 2 heteroatoms. The highest BCUT2D eigenvalue weighted by Gasteiger charge is 2.24. The average Bonchev–Trinajstić information content (AvgIpc) is 3.74. The van der Waals surface area contributed by atoms with Crippen molar-refractivity contribution in [2.24, 2.45) is 0 Å². The summed E-state index contributed by atoms with van der Waals surface area (Å²) in [4.78, 5) is 2.47. The van der Waals surface area contributed by atoms with Gasteiger partial charge in [0.15, 0.2) is 0 Å². The molecule has 1 heterocycles. The van der Waals surface area contributed by atoms with Gasteiger partial charge in [-0.25, -0.2) is 0 Å². The molecule has 0 radical (unpaired) electrons. The first-order valence-corrected chi connectivity index (χ1v) is 21.2. The minimum Gasteiger partial charge on any atom is -0.456 e. The van der Waals surface area contributed by atoms with E-state index in [4.69, 9.17) is 4.42 Å². The van der Waals surface area contributed by atoms with Crippen LogP contribution in [-0.4, -0.2) is 0 Å². The molecule has 0 bridgehead atoms. The molecule has 12 rings (SSSR count). The number of nitrogens with zero attached hydrogens (tertiary/aromatic N) is 1. The number of benzene rings is 11. The molecule has 0 amide bonds. The third kappa shape index (κ3) is 6.04. The standard InChI is InChI=1S/C60H39NO/c1-2-15-44(16-3-1)58-53-22-8-6-20-51(53)52-21-7-9-23-54(52)60(58)61(49-19-12-18-47(39-49)50-25-13-27-57-59(50)55-24-10-11-26-56(55)62-57)48-36-34-42(35-37-48)41-28-30-43(31-29-41)46-33-32-40-14-4-5-17-45(40)38-46/h1-39H. The Morgan fingerprint density at radius 1 is 0.290 bits per heavy atom. The summed E-state index contributed by atoms with van der Waals surface area (Å²) in [5, 5.41) is 9.61. The Hall–Kier alpha value is -8.20. The summed E-state index contributed by atoms with van der Waals surface area (Å²) in [6.07, 6.45) is 0. The maximum atomic E-state index is 6.37. The van der Waals surface area contributed by atoms with E-state index in [1.54, 1.807) is 0 Å². The lowest BCUT2D eigenvalue weighted by Gasteiger charge is -2.31. The highest BCUT2D eigenvalue weighted by atomic mass is 16.3. The molecule has 0 spiro atoms. The lowest BCUT2D eigenvalue weighted by Crippen LogP contribution is -2.12. The number of rotatable bonds is 7. The van der Waals surface area contributed by atoms with Crippen LogP contribution in [0.4, 0.5) is 17.1 Å². The Balaban J connectivity index is 1.05. The molecule has 1 aromatic heterocycles. The van der Waals surface area contributed by atoms with Crippen LogP contribution in [0.1, 0.15) is 0 Å². The number of fused-ring (bicyclic) bond motifs is 7. The van der Waals surface area contributed by atoms with Crippen molar-refractivity contribution in [2.75, 3.05) is 4.90 Å². The number of anilines is 3. The van der Waals surface area contributed by atoms with Crippen LogP contribution < -0.4 is 4.90 Å². The zero-order valence-electron chi connectivity index (χ0n) is 33.9. The minimum absolute atomic E-state index is 0.888. The van der Waals surface area contributed by atoms with E-state index in [1.165, 1.54) is 60.1 Å². The van der Waals surface area contributed by atoms with Crippen LogP contribution in [0.15, 0.2) is 241 Å². The lowest BCUT2D eigenvalue weighted by molar-refractivity contribution is 0.669. The highest BCUT2D eigenvalue weighted by molar-refractivity contribution is 6.22. The third-order valence-electron chi connectivity index (χ3n) is 12.4. The first-order chi connectivity index (χ1) is 30.7. The maximum absolute atomic E-state index is 6.37. The summed E-state index contributed by atoms with van der Waals surface area (Å²) in [6, 6.07) is 85.6. The van der Waals surface area contributed by atoms with E-state index in [2.05, 4.69) is 235 Å². The van der Waals surface area contributed by atoms with Crippen molar-refractivity contribution in [1.82, 2.24) is 0 Å². The molecule has 0 saturated heterocycles. The van der Waals surface area contributed by atoms with Crippen LogP contribution >= 0.6 is 0 Å². The van der Waals surface area contributed by atoms with Crippen LogP contribution in [0, 0.1) is 0 Å². The van der Waals surface area contributed by atoms with Gasteiger partial charge in [-0.2, -0.15) is 0 Å². The van der Waals surface area contributed by atoms with E-state index in [9.17, 15) is 0 Å². The molecule has 2 nitrogen and oxygen atoms in total. The first-order valence-electron chi connectivity index (χ1n) is 21.2. The molecule has 0 fully saturated rings. The van der Waals surface area contributed by atoms with E-state index in [0.717, 1.165) is 55.7 Å². The number of hydrogen-bond donors (Lipinski definition) is 0. The summed E-state index contributed by atoms with van der Waals surface area (Å²) >= 11 is 0. The van der Waals surface area contributed by atoms with Gasteiger partial charge in [-0.05, 0) is 108 Å². The molecule has 0 N–H and O–H groups in total. The quantitative estimate of drug-likeness (QED) is 0.150. The fourth-order valence-electron chi connectivity index (χ4n) is 9.51. The van der Waals surface area contributed by atoms with E-state index in [0.29, 0.717) is 0 Å². The van der Waals surface area contributed by atoms with Gasteiger partial charge >= 0.3 is 0 Å². The predicted molar refractivity (Wildman–Crippen MR) is 263 cm³/mol. The number of para-hydroxylation sites is 1. The summed E-state index contributed by atoms with van der Waals surface area (Å²) in [7, 11) is 0. The minimum atomic E-state index is 0.888. The molecular weight excluding hydrogens is 751 g/mol. The molecule has 0 aliphatic carbocycles. The van der Waals surface area contributed by atoms with E-state index in [-0.39, 0.29) is 0 Å². The molecule has 290 valence electrons. The maximum Gasteiger partial charge on any atom is 0.136 e. The summed E-state index contributed by atoms with van der Waals surface area (Å²) < 4.78 is 6.37. The van der Waals surface area contributed by atoms with Crippen LogP contribution in [0.3, 0.4) is 0 Å². The third-order valence-corrected chi connectivity index (χ3v) is 12.4. The molecule has 0 aliphatic heterocycles. The van der Waals surface area contributed by atoms with Crippen LogP contribution in [-0.2, 0) is 0 Å². The normalized spacial score (nSPS) is 11.5. The number of furan rings is 1. The number of hydrogen-bond acceptors (Lipinski definition) is 2. The van der Waals surface area contributed by atoms with Crippen molar-refractivity contribution >= 4 is 71.3 Å². The Labute approximate surface area is 360 Å². The molecule has 0 atom stereocenters. The van der Waals surface area contributed by atoms with Crippen molar-refractivity contribution in [3.8, 4) is 44.5 Å². The highest BCUT2D eigenvalue weighted by Crippen LogP contribution is 2.50. The van der Waals surface area contributed by atoms with Gasteiger partial charge in [-0.1, -0.05) is 194 Å². The van der Waals surface area contributed by atoms with E-state index in [1.807, 2.05) is 6.07 Å². The van der Waals surface area contributed by atoms with Gasteiger partial charge in [0.05, 0.1) is 5.69 Å². The molecule has 0 saturated carbocycles. The monoisotopic (exact) mass is 789 g/mol. The Morgan fingerprint density at radius 2 is 0.839 bits per heavy atom. The Kier molecular flexibility index (Phi) is 8.53. The molecule has 12 aromatic rings. The smallest absolute Gasteiger partial charge is 0.136 e. The molecule has 11 aromatic carbocycles. The fourth-order valence-corrected chi connectivity index (χ4v) is 9.51.